The molecule has 4 atom stereocenters. The number of ether oxygens (including phenoxy) is 1. The maximum absolute atomic E-state index is 13.3. The van der Waals surface area contributed by atoms with E-state index in [-0.39, 0.29) is 11.9 Å². The van der Waals surface area contributed by atoms with Gasteiger partial charge in [-0.15, -0.1) is 0 Å². The molecule has 1 aromatic carbocycles. The van der Waals surface area contributed by atoms with Gasteiger partial charge in [0, 0.05) is 18.0 Å². The van der Waals surface area contributed by atoms with Gasteiger partial charge in [0.25, 0.3) is 0 Å². The third-order valence-corrected chi connectivity index (χ3v) is 5.08. The maximum Gasteiger partial charge on any atom is 0.143 e. The number of halogens is 1. The monoisotopic (exact) mass is 357 g/mol. The molecule has 0 aliphatic heterocycles. The average Bonchev–Trinajstić information content (AvgIpc) is 3.15. The maximum atomic E-state index is 13.3. The summed E-state index contributed by atoms with van der Waals surface area (Å²) < 4.78 is 21.0. The fourth-order valence-corrected chi connectivity index (χ4v) is 3.63. The first-order chi connectivity index (χ1) is 12.5. The van der Waals surface area contributed by atoms with E-state index in [1.807, 2.05) is 23.8 Å². The number of benzene rings is 1. The molecule has 1 aliphatic rings. The Hall–Kier alpha value is -2.51. The summed E-state index contributed by atoms with van der Waals surface area (Å²) in [5.41, 5.74) is 2.22. The Balaban J connectivity index is 1.62. The lowest BCUT2D eigenvalue weighted by Crippen LogP contribution is -2.34. The van der Waals surface area contributed by atoms with E-state index in [4.69, 9.17) is 4.74 Å². The van der Waals surface area contributed by atoms with Crippen molar-refractivity contribution in [3.63, 3.8) is 0 Å². The van der Waals surface area contributed by atoms with Crippen molar-refractivity contribution in [2.45, 2.75) is 44.6 Å². The second-order valence-corrected chi connectivity index (χ2v) is 6.77. The van der Waals surface area contributed by atoms with Crippen molar-refractivity contribution in [3.05, 3.63) is 53.9 Å². The van der Waals surface area contributed by atoms with Gasteiger partial charge in [0.05, 0.1) is 11.7 Å². The summed E-state index contributed by atoms with van der Waals surface area (Å²) in [6.45, 7) is 3.64. The largest absolute Gasteiger partial charge is 0.487 e. The number of rotatable bonds is 3. The van der Waals surface area contributed by atoms with Gasteiger partial charge in [-0.1, -0.05) is 0 Å². The minimum Gasteiger partial charge on any atom is -0.487 e. The van der Waals surface area contributed by atoms with Crippen LogP contribution < -0.4 is 4.74 Å². The molecule has 4 rings (SSSR count). The first-order valence-electron chi connectivity index (χ1n) is 8.53. The normalized spacial score (nSPS) is 25.7. The van der Waals surface area contributed by atoms with E-state index in [2.05, 4.69) is 9.97 Å². The fraction of sp³-hybridized carbons (Fsp3) is 0.368. The molecule has 6 nitrogen and oxygen atoms in total. The molecule has 2 N–H and O–H groups in total. The number of nitrogens with zero attached hydrogens (tertiary/aromatic N) is 3. The van der Waals surface area contributed by atoms with E-state index in [1.165, 1.54) is 18.5 Å². The van der Waals surface area contributed by atoms with Crippen molar-refractivity contribution in [3.8, 4) is 5.75 Å². The van der Waals surface area contributed by atoms with E-state index in [9.17, 15) is 14.6 Å². The van der Waals surface area contributed by atoms with Gasteiger partial charge in [-0.2, -0.15) is 0 Å². The third-order valence-electron chi connectivity index (χ3n) is 5.08. The molecule has 1 aliphatic carbocycles. The van der Waals surface area contributed by atoms with Crippen molar-refractivity contribution in [1.29, 1.82) is 0 Å². The standard InChI is InChI=1S/C19H20FN3O3/c1-10-7-12(20)3-4-15(10)26-16-8-14(17(24)18(16)25)23-6-5-13-11(2)21-9-22-19(13)23/h3-7,9,14,16-18,24-25H,8H2,1-2H3/t14?,16-,17-,18+/m0/s1. The lowest BCUT2D eigenvalue weighted by molar-refractivity contribution is -0.0165. The van der Waals surface area contributed by atoms with E-state index < -0.39 is 18.3 Å². The highest BCUT2D eigenvalue weighted by atomic mass is 19.1. The lowest BCUT2D eigenvalue weighted by Gasteiger charge is -2.19. The van der Waals surface area contributed by atoms with Crippen molar-refractivity contribution in [1.82, 2.24) is 14.5 Å². The molecule has 0 radical (unpaired) electrons. The predicted octanol–water partition coefficient (Wildman–Crippen LogP) is 2.30. The van der Waals surface area contributed by atoms with Crippen molar-refractivity contribution in [2.24, 2.45) is 0 Å². The summed E-state index contributed by atoms with van der Waals surface area (Å²) in [6.07, 6.45) is 1.10. The number of fused-ring (bicyclic) bond motifs is 1. The molecule has 2 heterocycles. The van der Waals surface area contributed by atoms with E-state index in [0.717, 1.165) is 11.1 Å². The molecule has 2 aromatic heterocycles. The van der Waals surface area contributed by atoms with Crippen LogP contribution in [0.1, 0.15) is 23.7 Å². The van der Waals surface area contributed by atoms with Crippen molar-refractivity contribution in [2.75, 3.05) is 0 Å². The summed E-state index contributed by atoms with van der Waals surface area (Å²) >= 11 is 0. The average molecular weight is 357 g/mol. The summed E-state index contributed by atoms with van der Waals surface area (Å²) in [4.78, 5) is 8.49. The zero-order valence-corrected chi connectivity index (χ0v) is 14.5. The van der Waals surface area contributed by atoms with E-state index in [0.29, 0.717) is 23.4 Å². The molecule has 1 saturated carbocycles. The molecule has 3 aromatic rings. The van der Waals surface area contributed by atoms with Crippen LogP contribution in [0, 0.1) is 19.7 Å². The van der Waals surface area contributed by atoms with Gasteiger partial charge in [-0.05, 0) is 43.7 Å². The third kappa shape index (κ3) is 2.73. The minimum absolute atomic E-state index is 0.339. The van der Waals surface area contributed by atoms with Crippen molar-refractivity contribution < 1.29 is 19.3 Å². The summed E-state index contributed by atoms with van der Waals surface area (Å²) in [5, 5.41) is 21.9. The lowest BCUT2D eigenvalue weighted by atomic mass is 10.2. The van der Waals surface area contributed by atoms with Gasteiger partial charge < -0.3 is 19.5 Å². The SMILES string of the molecule is Cc1cc(F)ccc1O[C@H]1CC(n2ccc3c(C)ncnc32)[C@H](O)[C@@H]1O. The quantitative estimate of drug-likeness (QED) is 0.752. The number of aryl methyl sites for hydroxylation is 2. The Morgan fingerprint density at radius 1 is 1.15 bits per heavy atom. The molecule has 26 heavy (non-hydrogen) atoms. The first-order valence-corrected chi connectivity index (χ1v) is 8.53. The second-order valence-electron chi connectivity index (χ2n) is 6.77. The topological polar surface area (TPSA) is 80.4 Å². The van der Waals surface area contributed by atoms with E-state index in [1.54, 1.807) is 13.0 Å². The Bertz CT molecular complexity index is 958. The molecule has 0 spiro atoms. The molecule has 1 fully saturated rings. The Labute approximate surface area is 149 Å². The molecule has 7 heteroatoms. The summed E-state index contributed by atoms with van der Waals surface area (Å²) in [6, 6.07) is 5.77. The molecule has 1 unspecified atom stereocenters. The molecule has 0 saturated heterocycles. The first kappa shape index (κ1) is 16.9. The highest BCUT2D eigenvalue weighted by Gasteiger charge is 2.44. The van der Waals surface area contributed by atoms with Crippen LogP contribution in [0.5, 0.6) is 5.75 Å². The highest BCUT2D eigenvalue weighted by Crippen LogP contribution is 2.36. The number of aliphatic hydroxyl groups is 2. The Kier molecular flexibility index (Phi) is 4.13. The zero-order valence-electron chi connectivity index (χ0n) is 14.5. The van der Waals surface area contributed by atoms with Gasteiger partial charge in [0.2, 0.25) is 0 Å². The minimum atomic E-state index is -1.05. The number of aliphatic hydroxyl groups excluding tert-OH is 2. The van der Waals surface area contributed by atoms with Gasteiger partial charge in [-0.25, -0.2) is 14.4 Å². The van der Waals surface area contributed by atoms with Crippen LogP contribution in [0.3, 0.4) is 0 Å². The van der Waals surface area contributed by atoms with E-state index >= 15 is 0 Å². The van der Waals surface area contributed by atoms with Gasteiger partial charge in [-0.3, -0.25) is 0 Å². The van der Waals surface area contributed by atoms with Crippen LogP contribution in [0.4, 0.5) is 4.39 Å². The van der Waals surface area contributed by atoms with Crippen LogP contribution in [0.2, 0.25) is 0 Å². The summed E-state index contributed by atoms with van der Waals surface area (Å²) in [7, 11) is 0. The van der Waals surface area contributed by atoms with Crippen molar-refractivity contribution >= 4 is 11.0 Å². The molecule has 0 amide bonds. The van der Waals surface area contributed by atoms with Crippen LogP contribution in [0.15, 0.2) is 36.8 Å². The molecular weight excluding hydrogens is 337 g/mol. The van der Waals surface area contributed by atoms with Crippen LogP contribution in [-0.4, -0.2) is 43.1 Å². The second kappa shape index (κ2) is 6.34. The smallest absolute Gasteiger partial charge is 0.143 e. The molecule has 0 bridgehead atoms. The highest BCUT2D eigenvalue weighted by molar-refractivity contribution is 5.78. The molecular formula is C19H20FN3O3. The Morgan fingerprint density at radius 2 is 1.96 bits per heavy atom. The molecule has 136 valence electrons. The van der Waals surface area contributed by atoms with Gasteiger partial charge in [0.15, 0.2) is 0 Å². The number of aromatic nitrogens is 3. The Morgan fingerprint density at radius 3 is 2.73 bits per heavy atom. The fourth-order valence-electron chi connectivity index (χ4n) is 3.63. The van der Waals surface area contributed by atoms with Gasteiger partial charge >= 0.3 is 0 Å². The van der Waals surface area contributed by atoms with Crippen LogP contribution >= 0.6 is 0 Å². The van der Waals surface area contributed by atoms with Crippen LogP contribution in [0.25, 0.3) is 11.0 Å². The predicted molar refractivity (Wildman–Crippen MR) is 93.5 cm³/mol. The van der Waals surface area contributed by atoms with Gasteiger partial charge in [0.1, 0.15) is 41.9 Å². The number of hydrogen-bond donors (Lipinski definition) is 2. The van der Waals surface area contributed by atoms with Crippen LogP contribution in [-0.2, 0) is 0 Å². The number of hydrogen-bond acceptors (Lipinski definition) is 5. The summed E-state index contributed by atoms with van der Waals surface area (Å²) in [5.74, 6) is 0.160. The zero-order chi connectivity index (χ0) is 18.4.